The Kier molecular flexibility index (Phi) is 2.59. The molecule has 1 aliphatic rings. The lowest BCUT2D eigenvalue weighted by atomic mass is 10.1. The number of aliphatic carboxylic acids is 1. The average Bonchev–Trinajstić information content (AvgIpc) is 3.20. The maximum absolute atomic E-state index is 11.2. The first kappa shape index (κ1) is 11.0. The van der Waals surface area contributed by atoms with Gasteiger partial charge in [0, 0.05) is 5.39 Å². The number of carboxylic acids is 1. The monoisotopic (exact) mass is 243 g/mol. The maximum atomic E-state index is 11.2. The number of hydrogen-bond acceptors (Lipinski definition) is 4. The highest BCUT2D eigenvalue weighted by Crippen LogP contribution is 2.34. The normalized spacial score (nSPS) is 16.4. The number of anilines is 1. The van der Waals surface area contributed by atoms with Crippen LogP contribution in [0.5, 0.6) is 0 Å². The van der Waals surface area contributed by atoms with Gasteiger partial charge in [-0.05, 0) is 30.9 Å². The lowest BCUT2D eigenvalue weighted by Gasteiger charge is -2.15. The molecular formula is C13H13N3O2. The molecule has 0 amide bonds. The van der Waals surface area contributed by atoms with Gasteiger partial charge in [-0.1, -0.05) is 12.1 Å². The standard InChI is InChI=1S/C13H13N3O2/c17-13(18)11(8-5-6-8)16-12-9-3-1-2-4-10(9)14-7-15-12/h1-4,7-8,11H,5-6H2,(H,17,18)(H,14,15,16). The lowest BCUT2D eigenvalue weighted by molar-refractivity contribution is -0.138. The number of nitrogens with one attached hydrogen (secondary N) is 1. The third-order valence-electron chi connectivity index (χ3n) is 3.19. The van der Waals surface area contributed by atoms with Crippen LogP contribution >= 0.6 is 0 Å². The van der Waals surface area contributed by atoms with Crippen molar-refractivity contribution in [3.63, 3.8) is 0 Å². The number of aromatic nitrogens is 2. The number of nitrogens with zero attached hydrogens (tertiary/aromatic N) is 2. The smallest absolute Gasteiger partial charge is 0.326 e. The highest BCUT2D eigenvalue weighted by molar-refractivity contribution is 5.90. The van der Waals surface area contributed by atoms with Crippen molar-refractivity contribution >= 4 is 22.7 Å². The molecule has 1 aliphatic carbocycles. The van der Waals surface area contributed by atoms with Crippen LogP contribution in [0, 0.1) is 5.92 Å². The van der Waals surface area contributed by atoms with Crippen LogP contribution < -0.4 is 5.32 Å². The topological polar surface area (TPSA) is 75.1 Å². The Hall–Kier alpha value is -2.17. The molecule has 92 valence electrons. The van der Waals surface area contributed by atoms with Crippen molar-refractivity contribution in [2.24, 2.45) is 5.92 Å². The quantitative estimate of drug-likeness (QED) is 0.857. The Labute approximate surface area is 104 Å². The molecule has 2 N–H and O–H groups in total. The van der Waals surface area contributed by atoms with Crippen LogP contribution in [0.25, 0.3) is 10.9 Å². The van der Waals surface area contributed by atoms with Gasteiger partial charge in [0.05, 0.1) is 5.52 Å². The molecule has 1 aromatic heterocycles. The molecule has 3 rings (SSSR count). The van der Waals surface area contributed by atoms with Crippen LogP contribution in [-0.4, -0.2) is 27.1 Å². The predicted octanol–water partition coefficient (Wildman–Crippen LogP) is 1.90. The molecule has 0 saturated heterocycles. The SMILES string of the molecule is O=C(O)C(Nc1ncnc2ccccc12)C1CC1. The van der Waals surface area contributed by atoms with Gasteiger partial charge in [-0.2, -0.15) is 0 Å². The van der Waals surface area contributed by atoms with E-state index in [0.717, 1.165) is 23.7 Å². The van der Waals surface area contributed by atoms with Gasteiger partial charge >= 0.3 is 5.97 Å². The second-order valence-corrected chi connectivity index (χ2v) is 4.54. The summed E-state index contributed by atoms with van der Waals surface area (Å²) in [6, 6.07) is 7.01. The summed E-state index contributed by atoms with van der Waals surface area (Å²) in [6.07, 6.45) is 3.39. The molecule has 1 saturated carbocycles. The molecule has 18 heavy (non-hydrogen) atoms. The van der Waals surface area contributed by atoms with Gasteiger partial charge in [-0.3, -0.25) is 0 Å². The minimum absolute atomic E-state index is 0.219. The molecule has 2 aromatic rings. The molecule has 1 aromatic carbocycles. The van der Waals surface area contributed by atoms with Crippen LogP contribution in [0.3, 0.4) is 0 Å². The van der Waals surface area contributed by atoms with E-state index < -0.39 is 12.0 Å². The minimum atomic E-state index is -0.819. The van der Waals surface area contributed by atoms with Gasteiger partial charge in [0.15, 0.2) is 0 Å². The van der Waals surface area contributed by atoms with E-state index in [2.05, 4.69) is 15.3 Å². The van der Waals surface area contributed by atoms with Crippen LogP contribution in [0.4, 0.5) is 5.82 Å². The van der Waals surface area contributed by atoms with E-state index in [1.807, 2.05) is 24.3 Å². The summed E-state index contributed by atoms with van der Waals surface area (Å²) in [5.41, 5.74) is 0.815. The van der Waals surface area contributed by atoms with Gasteiger partial charge < -0.3 is 10.4 Å². The van der Waals surface area contributed by atoms with E-state index >= 15 is 0 Å². The number of benzene rings is 1. The Morgan fingerprint density at radius 2 is 2.11 bits per heavy atom. The largest absolute Gasteiger partial charge is 0.480 e. The maximum Gasteiger partial charge on any atom is 0.326 e. The van der Waals surface area contributed by atoms with Gasteiger partial charge in [0.25, 0.3) is 0 Å². The average molecular weight is 243 g/mol. The third-order valence-corrected chi connectivity index (χ3v) is 3.19. The molecule has 5 nitrogen and oxygen atoms in total. The summed E-state index contributed by atoms with van der Waals surface area (Å²) in [7, 11) is 0. The van der Waals surface area contributed by atoms with Gasteiger partial charge in [-0.15, -0.1) is 0 Å². The number of carbonyl (C=O) groups is 1. The lowest BCUT2D eigenvalue weighted by Crippen LogP contribution is -2.31. The second kappa shape index (κ2) is 4.25. The van der Waals surface area contributed by atoms with Crippen LogP contribution in [0.1, 0.15) is 12.8 Å². The van der Waals surface area contributed by atoms with Crippen molar-refractivity contribution < 1.29 is 9.90 Å². The van der Waals surface area contributed by atoms with Crippen molar-refractivity contribution in [1.29, 1.82) is 0 Å². The van der Waals surface area contributed by atoms with Crippen molar-refractivity contribution in [2.75, 3.05) is 5.32 Å². The molecule has 1 unspecified atom stereocenters. The van der Waals surface area contributed by atoms with Gasteiger partial charge in [-0.25, -0.2) is 14.8 Å². The van der Waals surface area contributed by atoms with Gasteiger partial charge in [0.2, 0.25) is 0 Å². The molecule has 1 fully saturated rings. The van der Waals surface area contributed by atoms with Crippen LogP contribution in [-0.2, 0) is 4.79 Å². The van der Waals surface area contributed by atoms with Crippen molar-refractivity contribution in [2.45, 2.75) is 18.9 Å². The first-order chi connectivity index (χ1) is 8.75. The number of para-hydroxylation sites is 1. The molecular weight excluding hydrogens is 230 g/mol. The second-order valence-electron chi connectivity index (χ2n) is 4.54. The van der Waals surface area contributed by atoms with Gasteiger partial charge in [0.1, 0.15) is 18.2 Å². The minimum Gasteiger partial charge on any atom is -0.480 e. The van der Waals surface area contributed by atoms with E-state index in [9.17, 15) is 9.90 Å². The van der Waals surface area contributed by atoms with E-state index in [4.69, 9.17) is 0 Å². The first-order valence-electron chi connectivity index (χ1n) is 5.95. The summed E-state index contributed by atoms with van der Waals surface area (Å²) in [4.78, 5) is 19.5. The molecule has 1 heterocycles. The number of carboxylic acid groups (broad SMARTS) is 1. The van der Waals surface area contributed by atoms with Crippen molar-refractivity contribution in [1.82, 2.24) is 9.97 Å². The molecule has 0 radical (unpaired) electrons. The molecule has 0 aliphatic heterocycles. The van der Waals surface area contributed by atoms with Crippen LogP contribution in [0.15, 0.2) is 30.6 Å². The molecule has 5 heteroatoms. The Bertz CT molecular complexity index is 590. The zero-order valence-electron chi connectivity index (χ0n) is 9.71. The zero-order chi connectivity index (χ0) is 12.5. The Morgan fingerprint density at radius 1 is 1.33 bits per heavy atom. The summed E-state index contributed by atoms with van der Waals surface area (Å²) in [5.74, 6) is -0.00341. The summed E-state index contributed by atoms with van der Waals surface area (Å²) in [6.45, 7) is 0. The predicted molar refractivity (Wildman–Crippen MR) is 67.3 cm³/mol. The first-order valence-corrected chi connectivity index (χ1v) is 5.95. The highest BCUT2D eigenvalue weighted by Gasteiger charge is 2.36. The number of hydrogen-bond donors (Lipinski definition) is 2. The summed E-state index contributed by atoms with van der Waals surface area (Å²) in [5, 5.41) is 13.1. The fourth-order valence-corrected chi connectivity index (χ4v) is 2.08. The van der Waals surface area contributed by atoms with E-state index in [0.29, 0.717) is 5.82 Å². The van der Waals surface area contributed by atoms with Crippen molar-refractivity contribution in [3.05, 3.63) is 30.6 Å². The highest BCUT2D eigenvalue weighted by atomic mass is 16.4. The molecule has 0 spiro atoms. The fourth-order valence-electron chi connectivity index (χ4n) is 2.08. The number of rotatable bonds is 4. The molecule has 0 bridgehead atoms. The van der Waals surface area contributed by atoms with E-state index in [1.54, 1.807) is 0 Å². The third kappa shape index (κ3) is 1.99. The van der Waals surface area contributed by atoms with Crippen LogP contribution in [0.2, 0.25) is 0 Å². The van der Waals surface area contributed by atoms with E-state index in [-0.39, 0.29) is 5.92 Å². The zero-order valence-corrected chi connectivity index (χ0v) is 9.71. The summed E-state index contributed by atoms with van der Waals surface area (Å²) >= 11 is 0. The fraction of sp³-hybridized carbons (Fsp3) is 0.308. The van der Waals surface area contributed by atoms with Crippen molar-refractivity contribution in [3.8, 4) is 0 Å². The number of fused-ring (bicyclic) bond motifs is 1. The Morgan fingerprint density at radius 3 is 2.83 bits per heavy atom. The molecule has 1 atom stereocenters. The summed E-state index contributed by atoms with van der Waals surface area (Å²) < 4.78 is 0. The van der Waals surface area contributed by atoms with E-state index in [1.165, 1.54) is 6.33 Å². The Balaban J connectivity index is 1.96.